The Hall–Kier alpha value is -3.42. The van der Waals surface area contributed by atoms with E-state index in [1.54, 1.807) is 17.0 Å². The molecule has 0 unspecified atom stereocenters. The summed E-state index contributed by atoms with van der Waals surface area (Å²) >= 11 is 3.50. The first-order chi connectivity index (χ1) is 17.8. The van der Waals surface area contributed by atoms with Crippen molar-refractivity contribution in [3.05, 3.63) is 105 Å². The molecule has 3 aromatic carbocycles. The quantitative estimate of drug-likeness (QED) is 0.205. The molecule has 0 aliphatic carbocycles. The van der Waals surface area contributed by atoms with Gasteiger partial charge in [0.2, 0.25) is 0 Å². The van der Waals surface area contributed by atoms with Gasteiger partial charge in [0.1, 0.15) is 18.1 Å². The second kappa shape index (κ2) is 11.8. The van der Waals surface area contributed by atoms with E-state index in [4.69, 9.17) is 4.74 Å². The molecule has 192 valence electrons. The third kappa shape index (κ3) is 6.12. The molecule has 1 heterocycles. The Balaban J connectivity index is 1.68. The molecule has 0 spiro atoms. The maximum Gasteiger partial charge on any atom is 0.295 e. The number of aliphatic hydroxyl groups excluding tert-OH is 1. The zero-order valence-corrected chi connectivity index (χ0v) is 22.9. The number of Topliss-reactive ketones (excluding diaryl/α,β-unsaturated/α-hetero) is 1. The van der Waals surface area contributed by atoms with E-state index in [2.05, 4.69) is 15.9 Å². The largest absolute Gasteiger partial charge is 0.507 e. The van der Waals surface area contributed by atoms with Crippen molar-refractivity contribution in [2.75, 3.05) is 27.2 Å². The van der Waals surface area contributed by atoms with Crippen LogP contribution in [0.5, 0.6) is 5.75 Å². The monoisotopic (exact) mass is 562 g/mol. The molecule has 1 fully saturated rings. The fourth-order valence-corrected chi connectivity index (χ4v) is 4.99. The number of nitrogens with zero attached hydrogens (tertiary/aromatic N) is 2. The van der Waals surface area contributed by atoms with E-state index in [1.165, 1.54) is 0 Å². The Morgan fingerprint density at radius 3 is 2.46 bits per heavy atom. The van der Waals surface area contributed by atoms with E-state index in [0.29, 0.717) is 30.9 Å². The van der Waals surface area contributed by atoms with Gasteiger partial charge < -0.3 is 19.6 Å². The molecule has 6 nitrogen and oxygen atoms in total. The number of aliphatic hydroxyl groups is 1. The maximum atomic E-state index is 13.3. The molecule has 1 aliphatic rings. The lowest BCUT2D eigenvalue weighted by Gasteiger charge is -2.26. The summed E-state index contributed by atoms with van der Waals surface area (Å²) in [6.45, 7) is 3.46. The molecular weight excluding hydrogens is 532 g/mol. The van der Waals surface area contributed by atoms with Crippen LogP contribution in [-0.2, 0) is 16.2 Å². The Bertz CT molecular complexity index is 1320. The minimum Gasteiger partial charge on any atom is -0.507 e. The minimum atomic E-state index is -0.673. The van der Waals surface area contributed by atoms with Crippen LogP contribution in [0.1, 0.15) is 34.7 Å². The van der Waals surface area contributed by atoms with Gasteiger partial charge in [-0.25, -0.2) is 0 Å². The normalized spacial score (nSPS) is 17.0. The summed E-state index contributed by atoms with van der Waals surface area (Å²) in [6.07, 6.45) is 0.705. The number of amides is 1. The predicted octanol–water partition coefficient (Wildman–Crippen LogP) is 5.71. The van der Waals surface area contributed by atoms with Crippen molar-refractivity contribution in [2.24, 2.45) is 0 Å². The number of carbonyl (C=O) groups excluding carboxylic acids is 2. The van der Waals surface area contributed by atoms with Crippen LogP contribution in [0.15, 0.2) is 82.8 Å². The molecule has 37 heavy (non-hydrogen) atoms. The molecule has 0 saturated carbocycles. The first kappa shape index (κ1) is 26.6. The summed E-state index contributed by atoms with van der Waals surface area (Å²) in [5, 5.41) is 11.4. The van der Waals surface area contributed by atoms with Crippen molar-refractivity contribution in [1.82, 2.24) is 9.80 Å². The van der Waals surface area contributed by atoms with Gasteiger partial charge >= 0.3 is 0 Å². The number of ether oxygens (including phenoxy) is 1. The van der Waals surface area contributed by atoms with E-state index in [9.17, 15) is 14.7 Å². The van der Waals surface area contributed by atoms with Crippen LogP contribution >= 0.6 is 15.9 Å². The van der Waals surface area contributed by atoms with Crippen LogP contribution in [0.25, 0.3) is 5.76 Å². The van der Waals surface area contributed by atoms with Crippen molar-refractivity contribution in [2.45, 2.75) is 26.0 Å². The van der Waals surface area contributed by atoms with Crippen molar-refractivity contribution in [3.63, 3.8) is 0 Å². The van der Waals surface area contributed by atoms with Crippen LogP contribution in [0, 0.1) is 6.92 Å². The van der Waals surface area contributed by atoms with Gasteiger partial charge in [-0.1, -0.05) is 58.4 Å². The van der Waals surface area contributed by atoms with Crippen LogP contribution < -0.4 is 4.74 Å². The molecule has 1 aliphatic heterocycles. The molecule has 0 bridgehead atoms. The van der Waals surface area contributed by atoms with E-state index in [1.807, 2.05) is 86.6 Å². The second-order valence-electron chi connectivity index (χ2n) is 9.46. The van der Waals surface area contributed by atoms with Gasteiger partial charge in [0.25, 0.3) is 11.7 Å². The zero-order valence-electron chi connectivity index (χ0n) is 21.3. The zero-order chi connectivity index (χ0) is 26.5. The highest BCUT2D eigenvalue weighted by Crippen LogP contribution is 2.40. The van der Waals surface area contributed by atoms with E-state index in [0.717, 1.165) is 27.7 Å². The molecule has 1 saturated heterocycles. The van der Waals surface area contributed by atoms with Crippen LogP contribution in [-0.4, -0.2) is 53.8 Å². The molecule has 0 aromatic heterocycles. The first-order valence-electron chi connectivity index (χ1n) is 12.2. The molecule has 0 radical (unpaired) electrons. The van der Waals surface area contributed by atoms with Crippen molar-refractivity contribution in [3.8, 4) is 5.75 Å². The maximum absolute atomic E-state index is 13.3. The van der Waals surface area contributed by atoms with Gasteiger partial charge in [0.15, 0.2) is 0 Å². The number of benzene rings is 3. The molecule has 1 atom stereocenters. The average Bonchev–Trinajstić information content (AvgIpc) is 3.13. The number of halogens is 1. The molecule has 4 rings (SSSR count). The smallest absolute Gasteiger partial charge is 0.295 e. The fraction of sp³-hybridized carbons (Fsp3) is 0.267. The van der Waals surface area contributed by atoms with Crippen molar-refractivity contribution >= 4 is 33.4 Å². The van der Waals surface area contributed by atoms with Gasteiger partial charge in [0, 0.05) is 16.6 Å². The van der Waals surface area contributed by atoms with E-state index < -0.39 is 17.7 Å². The molecule has 1 amide bonds. The number of ketones is 1. The summed E-state index contributed by atoms with van der Waals surface area (Å²) in [4.78, 5) is 30.0. The third-order valence-corrected chi connectivity index (χ3v) is 6.90. The summed E-state index contributed by atoms with van der Waals surface area (Å²) in [7, 11) is 3.94. The topological polar surface area (TPSA) is 70.1 Å². The van der Waals surface area contributed by atoms with E-state index in [-0.39, 0.29) is 11.3 Å². The fourth-order valence-electron chi connectivity index (χ4n) is 4.57. The van der Waals surface area contributed by atoms with Crippen LogP contribution in [0.3, 0.4) is 0 Å². The highest BCUT2D eigenvalue weighted by atomic mass is 79.9. The Morgan fingerprint density at radius 1 is 1.03 bits per heavy atom. The highest BCUT2D eigenvalue weighted by Gasteiger charge is 2.46. The Kier molecular flexibility index (Phi) is 8.46. The van der Waals surface area contributed by atoms with Gasteiger partial charge in [-0.05, 0) is 81.0 Å². The van der Waals surface area contributed by atoms with Gasteiger partial charge in [-0.2, -0.15) is 0 Å². The summed E-state index contributed by atoms with van der Waals surface area (Å²) in [5.74, 6) is -0.780. The molecule has 1 N–H and O–H groups in total. The van der Waals surface area contributed by atoms with E-state index >= 15 is 0 Å². The lowest BCUT2D eigenvalue weighted by atomic mass is 9.94. The SMILES string of the molecule is Cc1cc(OCc2ccccc2)ccc1/C(O)=C1\C(=O)C(=O)N(CCCN(C)C)[C@H]1c1cccc(Br)c1. The molecule has 3 aromatic rings. The number of carbonyl (C=O) groups is 2. The highest BCUT2D eigenvalue weighted by molar-refractivity contribution is 9.10. The number of aryl methyl sites for hydroxylation is 1. The summed E-state index contributed by atoms with van der Waals surface area (Å²) < 4.78 is 6.75. The second-order valence-corrected chi connectivity index (χ2v) is 10.4. The number of rotatable bonds is 9. The minimum absolute atomic E-state index is 0.106. The van der Waals surface area contributed by atoms with Crippen LogP contribution in [0.2, 0.25) is 0 Å². The Morgan fingerprint density at radius 2 is 1.78 bits per heavy atom. The lowest BCUT2D eigenvalue weighted by Crippen LogP contribution is -2.32. The van der Waals surface area contributed by atoms with Gasteiger partial charge in [0.05, 0.1) is 11.6 Å². The number of hydrogen-bond donors (Lipinski definition) is 1. The number of hydrogen-bond acceptors (Lipinski definition) is 5. The Labute approximate surface area is 226 Å². The average molecular weight is 563 g/mol. The van der Waals surface area contributed by atoms with Gasteiger partial charge in [-0.3, -0.25) is 9.59 Å². The van der Waals surface area contributed by atoms with Crippen LogP contribution in [0.4, 0.5) is 0 Å². The number of likely N-dealkylation sites (tertiary alicyclic amines) is 1. The van der Waals surface area contributed by atoms with Gasteiger partial charge in [-0.15, -0.1) is 0 Å². The summed E-state index contributed by atoms with van der Waals surface area (Å²) in [6, 6.07) is 22.0. The molecular formula is C30H31BrN2O4. The van der Waals surface area contributed by atoms with Crippen molar-refractivity contribution in [1.29, 1.82) is 0 Å². The summed E-state index contributed by atoms with van der Waals surface area (Å²) in [5.41, 5.74) is 3.16. The molecule has 7 heteroatoms. The standard InChI is InChI=1S/C30H31BrN2O4/c1-20-17-24(37-19-21-9-5-4-6-10-21)13-14-25(20)28(34)26-27(22-11-7-12-23(31)18-22)33(30(36)29(26)35)16-8-15-32(2)3/h4-7,9-14,17-18,27,34H,8,15-16,19H2,1-3H3/b28-26+/t27-/m0/s1. The third-order valence-electron chi connectivity index (χ3n) is 6.41. The predicted molar refractivity (Wildman–Crippen MR) is 148 cm³/mol. The first-order valence-corrected chi connectivity index (χ1v) is 13.0. The van der Waals surface area contributed by atoms with Crippen molar-refractivity contribution < 1.29 is 19.4 Å². The lowest BCUT2D eigenvalue weighted by molar-refractivity contribution is -0.139.